The minimum Gasteiger partial charge on any atom is -0.370 e. The van der Waals surface area contributed by atoms with Crippen LogP contribution in [0, 0.1) is 5.82 Å². The van der Waals surface area contributed by atoms with Crippen LogP contribution in [0.3, 0.4) is 0 Å². The van der Waals surface area contributed by atoms with Crippen molar-refractivity contribution in [2.24, 2.45) is 0 Å². The normalized spacial score (nSPS) is 13.9. The predicted octanol–water partition coefficient (Wildman–Crippen LogP) is 5.19. The number of hydrogen-bond donors (Lipinski definition) is 1. The zero-order valence-electron chi connectivity index (χ0n) is 13.1. The average Bonchev–Trinajstić information content (AvgIpc) is 2.76. The van der Waals surface area contributed by atoms with Crippen LogP contribution in [0.1, 0.15) is 18.4 Å². The summed E-state index contributed by atoms with van der Waals surface area (Å²) in [5.41, 5.74) is 3.83. The van der Waals surface area contributed by atoms with E-state index < -0.39 is 0 Å². The molecule has 0 saturated heterocycles. The van der Waals surface area contributed by atoms with E-state index in [9.17, 15) is 4.39 Å². The number of fused-ring (bicyclic) bond motifs is 1. The van der Waals surface area contributed by atoms with Crippen molar-refractivity contribution in [1.82, 2.24) is 9.78 Å². The number of nitrogens with zero attached hydrogens (tertiary/aromatic N) is 2. The second-order valence-electron chi connectivity index (χ2n) is 5.96. The first-order valence-electron chi connectivity index (χ1n) is 8.10. The maximum atomic E-state index is 13.7. The molecule has 122 valence electrons. The molecule has 0 amide bonds. The topological polar surface area (TPSA) is 29.9 Å². The lowest BCUT2D eigenvalue weighted by Crippen LogP contribution is -2.07. The predicted molar refractivity (Wildman–Crippen MR) is 98.1 cm³/mol. The standard InChI is InChI=1S/C19H17BrFN3/c20-14-6-4-8-16(12-14)24-19-17(9-1-2-10-22-19)18(23-24)13-5-3-7-15(21)11-13/h3-8,11-12,22H,1-2,9-10H2. The monoisotopic (exact) mass is 385 g/mol. The number of nitrogens with one attached hydrogen (secondary N) is 1. The third-order valence-corrected chi connectivity index (χ3v) is 4.77. The van der Waals surface area contributed by atoms with Crippen LogP contribution in [0.15, 0.2) is 53.0 Å². The van der Waals surface area contributed by atoms with Gasteiger partial charge in [-0.1, -0.05) is 34.1 Å². The molecule has 2 aromatic carbocycles. The van der Waals surface area contributed by atoms with Gasteiger partial charge in [0.15, 0.2) is 0 Å². The van der Waals surface area contributed by atoms with Crippen molar-refractivity contribution in [3.05, 3.63) is 64.4 Å². The van der Waals surface area contributed by atoms with Gasteiger partial charge in [0.2, 0.25) is 0 Å². The van der Waals surface area contributed by atoms with E-state index in [1.54, 1.807) is 12.1 Å². The number of halogens is 2. The van der Waals surface area contributed by atoms with Crippen molar-refractivity contribution in [2.45, 2.75) is 19.3 Å². The van der Waals surface area contributed by atoms with Crippen molar-refractivity contribution in [3.8, 4) is 16.9 Å². The maximum Gasteiger partial charge on any atom is 0.133 e. The molecule has 3 aromatic rings. The lowest BCUT2D eigenvalue weighted by atomic mass is 10.0. The Morgan fingerprint density at radius 1 is 1.08 bits per heavy atom. The van der Waals surface area contributed by atoms with Crippen molar-refractivity contribution < 1.29 is 4.39 Å². The molecule has 0 fully saturated rings. The van der Waals surface area contributed by atoms with Crippen LogP contribution in [-0.4, -0.2) is 16.3 Å². The molecule has 1 aliphatic heterocycles. The van der Waals surface area contributed by atoms with Crippen LogP contribution in [0.4, 0.5) is 10.2 Å². The number of benzene rings is 2. The van der Waals surface area contributed by atoms with Gasteiger partial charge in [-0.2, -0.15) is 5.10 Å². The number of rotatable bonds is 2. The number of hydrogen-bond acceptors (Lipinski definition) is 2. The van der Waals surface area contributed by atoms with Crippen LogP contribution >= 0.6 is 15.9 Å². The number of aromatic nitrogens is 2. The molecule has 5 heteroatoms. The minimum atomic E-state index is -0.236. The van der Waals surface area contributed by atoms with E-state index in [-0.39, 0.29) is 5.82 Å². The van der Waals surface area contributed by atoms with Crippen LogP contribution < -0.4 is 5.32 Å². The Kier molecular flexibility index (Phi) is 4.10. The second-order valence-corrected chi connectivity index (χ2v) is 6.88. The average molecular weight is 386 g/mol. The van der Waals surface area contributed by atoms with Crippen LogP contribution in [0.25, 0.3) is 16.9 Å². The second kappa shape index (κ2) is 6.40. The highest BCUT2D eigenvalue weighted by atomic mass is 79.9. The molecule has 0 unspecified atom stereocenters. The summed E-state index contributed by atoms with van der Waals surface area (Å²) in [7, 11) is 0. The highest BCUT2D eigenvalue weighted by Gasteiger charge is 2.21. The van der Waals surface area contributed by atoms with Crippen molar-refractivity contribution in [1.29, 1.82) is 0 Å². The first-order chi connectivity index (χ1) is 11.7. The Morgan fingerprint density at radius 3 is 2.79 bits per heavy atom. The minimum absolute atomic E-state index is 0.236. The van der Waals surface area contributed by atoms with Crippen molar-refractivity contribution in [2.75, 3.05) is 11.9 Å². The van der Waals surface area contributed by atoms with E-state index in [1.165, 1.54) is 6.07 Å². The smallest absolute Gasteiger partial charge is 0.133 e. The molecular formula is C19H17BrFN3. The van der Waals surface area contributed by atoms with Gasteiger partial charge >= 0.3 is 0 Å². The van der Waals surface area contributed by atoms with E-state index in [4.69, 9.17) is 5.10 Å². The summed E-state index contributed by atoms with van der Waals surface area (Å²) in [5, 5.41) is 8.33. The van der Waals surface area contributed by atoms with Gasteiger partial charge in [-0.05, 0) is 49.6 Å². The van der Waals surface area contributed by atoms with Crippen molar-refractivity contribution >= 4 is 21.7 Å². The Morgan fingerprint density at radius 2 is 1.96 bits per heavy atom. The van der Waals surface area contributed by atoms with E-state index in [2.05, 4.69) is 21.2 Å². The molecule has 0 spiro atoms. The summed E-state index contributed by atoms with van der Waals surface area (Å²) < 4.78 is 16.6. The van der Waals surface area contributed by atoms with Crippen molar-refractivity contribution in [3.63, 3.8) is 0 Å². The fourth-order valence-corrected chi connectivity index (χ4v) is 3.55. The summed E-state index contributed by atoms with van der Waals surface area (Å²) in [6, 6.07) is 14.7. The summed E-state index contributed by atoms with van der Waals surface area (Å²) >= 11 is 3.52. The van der Waals surface area contributed by atoms with Gasteiger partial charge in [-0.3, -0.25) is 0 Å². The molecule has 0 saturated carbocycles. The van der Waals surface area contributed by atoms with Gasteiger partial charge in [0.25, 0.3) is 0 Å². The zero-order chi connectivity index (χ0) is 16.5. The van der Waals surface area contributed by atoms with Crippen LogP contribution in [-0.2, 0) is 6.42 Å². The molecular weight excluding hydrogens is 369 g/mol. The molecule has 0 atom stereocenters. The van der Waals surface area contributed by atoms with E-state index >= 15 is 0 Å². The van der Waals surface area contributed by atoms with Crippen LogP contribution in [0.2, 0.25) is 0 Å². The Labute approximate surface area is 148 Å². The molecule has 24 heavy (non-hydrogen) atoms. The number of anilines is 1. The summed E-state index contributed by atoms with van der Waals surface area (Å²) in [5.74, 6) is 0.782. The molecule has 1 aromatic heterocycles. The third-order valence-electron chi connectivity index (χ3n) is 4.28. The lowest BCUT2D eigenvalue weighted by Gasteiger charge is -2.09. The first kappa shape index (κ1) is 15.4. The highest BCUT2D eigenvalue weighted by Crippen LogP contribution is 2.34. The fourth-order valence-electron chi connectivity index (χ4n) is 3.16. The summed E-state index contributed by atoms with van der Waals surface area (Å²) in [6.07, 6.45) is 3.17. The SMILES string of the molecule is Fc1cccc(-c2nn(-c3cccc(Br)c3)c3c2CCCCN3)c1. The van der Waals surface area contributed by atoms with E-state index in [0.717, 1.165) is 58.6 Å². The summed E-state index contributed by atoms with van der Waals surface area (Å²) in [4.78, 5) is 0. The lowest BCUT2D eigenvalue weighted by molar-refractivity contribution is 0.628. The Hall–Kier alpha value is -2.14. The molecule has 0 radical (unpaired) electrons. The maximum absolute atomic E-state index is 13.7. The molecule has 1 aliphatic rings. The molecule has 1 N–H and O–H groups in total. The molecule has 0 aliphatic carbocycles. The zero-order valence-corrected chi connectivity index (χ0v) is 14.7. The van der Waals surface area contributed by atoms with Gasteiger partial charge < -0.3 is 5.32 Å². The van der Waals surface area contributed by atoms with Gasteiger partial charge in [0, 0.05) is 22.1 Å². The van der Waals surface area contributed by atoms with Gasteiger partial charge in [-0.25, -0.2) is 9.07 Å². The summed E-state index contributed by atoms with van der Waals surface area (Å²) in [6.45, 7) is 0.926. The third kappa shape index (κ3) is 2.84. The van der Waals surface area contributed by atoms with Gasteiger partial charge in [0.05, 0.1) is 11.4 Å². The van der Waals surface area contributed by atoms with Gasteiger partial charge in [0.1, 0.15) is 11.6 Å². The van der Waals surface area contributed by atoms with E-state index in [1.807, 2.05) is 35.0 Å². The van der Waals surface area contributed by atoms with Crippen LogP contribution in [0.5, 0.6) is 0 Å². The first-order valence-corrected chi connectivity index (χ1v) is 8.89. The Bertz CT molecular complexity index is 818. The van der Waals surface area contributed by atoms with Gasteiger partial charge in [-0.15, -0.1) is 0 Å². The molecule has 2 heterocycles. The molecule has 4 rings (SSSR count). The largest absolute Gasteiger partial charge is 0.370 e. The Balaban J connectivity index is 1.92. The quantitative estimate of drug-likeness (QED) is 0.657. The van der Waals surface area contributed by atoms with E-state index in [0.29, 0.717) is 0 Å². The fraction of sp³-hybridized carbons (Fsp3) is 0.211. The molecule has 3 nitrogen and oxygen atoms in total. The molecule has 0 bridgehead atoms. The highest BCUT2D eigenvalue weighted by molar-refractivity contribution is 9.10.